The van der Waals surface area contributed by atoms with E-state index in [-0.39, 0.29) is 0 Å². The first kappa shape index (κ1) is 8.62. The van der Waals surface area contributed by atoms with Crippen LogP contribution >= 0.6 is 0 Å². The Bertz CT molecular complexity index is 448. The number of carbonyl (C=O) groups excluding carboxylic acids is 1. The molecule has 1 heterocycles. The Balaban J connectivity index is 2.57. The maximum absolute atomic E-state index is 10.8. The van der Waals surface area contributed by atoms with Crippen molar-refractivity contribution in [3.8, 4) is 11.3 Å². The van der Waals surface area contributed by atoms with Gasteiger partial charge in [-0.05, 0) is 0 Å². The molecule has 0 N–H and O–H groups in total. The number of carbonyl (C=O) groups is 1. The Kier molecular flexibility index (Phi) is 2.10. The van der Waals surface area contributed by atoms with Crippen LogP contribution in [0.1, 0.15) is 10.5 Å². The molecule has 0 fully saturated rings. The van der Waals surface area contributed by atoms with Crippen molar-refractivity contribution in [3.05, 3.63) is 36.0 Å². The highest BCUT2D eigenvalue weighted by atomic mass is 16.1. The van der Waals surface area contributed by atoms with E-state index in [4.69, 9.17) is 0 Å². The van der Waals surface area contributed by atoms with Crippen molar-refractivity contribution in [2.75, 3.05) is 0 Å². The van der Waals surface area contributed by atoms with Crippen LogP contribution in [-0.4, -0.2) is 21.3 Å². The third-order valence-electron chi connectivity index (χ3n) is 2.03. The molecule has 0 saturated heterocycles. The Morgan fingerprint density at radius 1 is 1.29 bits per heavy atom. The van der Waals surface area contributed by atoms with Gasteiger partial charge >= 0.3 is 0 Å². The summed E-state index contributed by atoms with van der Waals surface area (Å²) >= 11 is 0. The van der Waals surface area contributed by atoms with Crippen molar-refractivity contribution in [2.24, 2.45) is 7.05 Å². The molecule has 0 spiro atoms. The Labute approximate surface area is 81.2 Å². The summed E-state index contributed by atoms with van der Waals surface area (Å²) in [5, 5.41) is 7.74. The monoisotopic (exact) mass is 187 g/mol. The normalized spacial score (nSPS) is 10.1. The van der Waals surface area contributed by atoms with Crippen molar-refractivity contribution in [1.29, 1.82) is 0 Å². The van der Waals surface area contributed by atoms with E-state index in [1.165, 1.54) is 4.68 Å². The quantitative estimate of drug-likeness (QED) is 0.665. The molecule has 0 saturated carbocycles. The molecule has 4 heteroatoms. The maximum Gasteiger partial charge on any atom is 0.170 e. The second-order valence-corrected chi connectivity index (χ2v) is 2.93. The molecule has 0 bridgehead atoms. The van der Waals surface area contributed by atoms with Gasteiger partial charge in [0.25, 0.3) is 0 Å². The highest BCUT2D eigenvalue weighted by Crippen LogP contribution is 2.18. The minimum Gasteiger partial charge on any atom is -0.296 e. The lowest BCUT2D eigenvalue weighted by Gasteiger charge is -1.96. The zero-order valence-electron chi connectivity index (χ0n) is 7.71. The Morgan fingerprint density at radius 3 is 2.64 bits per heavy atom. The summed E-state index contributed by atoms with van der Waals surface area (Å²) in [7, 11) is 1.70. The van der Waals surface area contributed by atoms with Crippen LogP contribution in [-0.2, 0) is 7.05 Å². The molecule has 0 unspecified atom stereocenters. The van der Waals surface area contributed by atoms with Crippen molar-refractivity contribution in [2.45, 2.75) is 0 Å². The molecule has 0 aliphatic carbocycles. The molecule has 70 valence electrons. The van der Waals surface area contributed by atoms with E-state index in [2.05, 4.69) is 10.3 Å². The van der Waals surface area contributed by atoms with Gasteiger partial charge in [-0.15, -0.1) is 5.10 Å². The number of benzene rings is 1. The molecule has 2 rings (SSSR count). The average molecular weight is 187 g/mol. The van der Waals surface area contributed by atoms with Crippen LogP contribution in [0, 0.1) is 0 Å². The first-order valence-corrected chi connectivity index (χ1v) is 4.23. The van der Waals surface area contributed by atoms with Crippen molar-refractivity contribution >= 4 is 6.29 Å². The van der Waals surface area contributed by atoms with Crippen LogP contribution in [0.3, 0.4) is 0 Å². The summed E-state index contributed by atoms with van der Waals surface area (Å²) in [4.78, 5) is 10.8. The van der Waals surface area contributed by atoms with Crippen LogP contribution in [0.15, 0.2) is 30.3 Å². The summed E-state index contributed by atoms with van der Waals surface area (Å²) in [6.07, 6.45) is 0.766. The lowest BCUT2D eigenvalue weighted by Crippen LogP contribution is -1.96. The van der Waals surface area contributed by atoms with Gasteiger partial charge in [-0.3, -0.25) is 4.79 Å². The van der Waals surface area contributed by atoms with Gasteiger partial charge in [-0.1, -0.05) is 35.5 Å². The van der Waals surface area contributed by atoms with E-state index in [9.17, 15) is 4.79 Å². The third-order valence-corrected chi connectivity index (χ3v) is 2.03. The van der Waals surface area contributed by atoms with Crippen LogP contribution in [0.2, 0.25) is 0 Å². The summed E-state index contributed by atoms with van der Waals surface area (Å²) in [5.41, 5.74) is 2.03. The molecular formula is C10H9N3O. The van der Waals surface area contributed by atoms with Gasteiger partial charge in [0.05, 0.1) is 0 Å². The highest BCUT2D eigenvalue weighted by Gasteiger charge is 2.10. The van der Waals surface area contributed by atoms with Gasteiger partial charge in [0.2, 0.25) is 0 Å². The van der Waals surface area contributed by atoms with Crippen molar-refractivity contribution in [3.63, 3.8) is 0 Å². The van der Waals surface area contributed by atoms with Crippen LogP contribution in [0.25, 0.3) is 11.3 Å². The standard InChI is InChI=1S/C10H9N3O/c1-13-9(7-14)10(11-12-13)8-5-3-2-4-6-8/h2-7H,1H3. The van der Waals surface area contributed by atoms with Gasteiger partial charge in [0.1, 0.15) is 11.4 Å². The van der Waals surface area contributed by atoms with Gasteiger partial charge in [-0.25, -0.2) is 4.68 Å². The van der Waals surface area contributed by atoms with E-state index >= 15 is 0 Å². The number of hydrogen-bond donors (Lipinski definition) is 0. The second kappa shape index (κ2) is 3.41. The van der Waals surface area contributed by atoms with Crippen molar-refractivity contribution in [1.82, 2.24) is 15.0 Å². The van der Waals surface area contributed by atoms with Crippen LogP contribution < -0.4 is 0 Å². The van der Waals surface area contributed by atoms with Gasteiger partial charge in [-0.2, -0.15) is 0 Å². The fourth-order valence-electron chi connectivity index (χ4n) is 1.30. The van der Waals surface area contributed by atoms with Gasteiger partial charge in [0, 0.05) is 12.6 Å². The van der Waals surface area contributed by atoms with E-state index in [1.54, 1.807) is 7.05 Å². The Hall–Kier alpha value is -1.97. The fourth-order valence-corrected chi connectivity index (χ4v) is 1.30. The fraction of sp³-hybridized carbons (Fsp3) is 0.100. The number of aldehydes is 1. The predicted octanol–water partition coefficient (Wildman–Crippen LogP) is 1.29. The summed E-state index contributed by atoms with van der Waals surface area (Å²) in [6, 6.07) is 9.52. The SMILES string of the molecule is Cn1nnc(-c2ccccc2)c1C=O. The van der Waals surface area contributed by atoms with E-state index in [0.29, 0.717) is 11.4 Å². The minimum absolute atomic E-state index is 0.496. The predicted molar refractivity (Wildman–Crippen MR) is 51.8 cm³/mol. The molecule has 1 aromatic heterocycles. The molecule has 1 aromatic carbocycles. The van der Waals surface area contributed by atoms with Crippen molar-refractivity contribution < 1.29 is 4.79 Å². The van der Waals surface area contributed by atoms with Crippen LogP contribution in [0.5, 0.6) is 0 Å². The van der Waals surface area contributed by atoms with E-state index < -0.39 is 0 Å². The van der Waals surface area contributed by atoms with E-state index in [1.807, 2.05) is 30.3 Å². The summed E-state index contributed by atoms with van der Waals surface area (Å²) in [5.74, 6) is 0. The van der Waals surface area contributed by atoms with Crippen LogP contribution in [0.4, 0.5) is 0 Å². The lowest BCUT2D eigenvalue weighted by molar-refractivity contribution is 0.111. The van der Waals surface area contributed by atoms with Gasteiger partial charge < -0.3 is 0 Å². The number of rotatable bonds is 2. The summed E-state index contributed by atoms with van der Waals surface area (Å²) in [6.45, 7) is 0. The Morgan fingerprint density at radius 2 is 2.00 bits per heavy atom. The second-order valence-electron chi connectivity index (χ2n) is 2.93. The molecular weight excluding hydrogens is 178 g/mol. The average Bonchev–Trinajstić information content (AvgIpc) is 2.61. The summed E-state index contributed by atoms with van der Waals surface area (Å²) < 4.78 is 1.47. The molecule has 0 aliphatic heterocycles. The minimum atomic E-state index is 0.496. The molecule has 14 heavy (non-hydrogen) atoms. The van der Waals surface area contributed by atoms with Gasteiger partial charge in [0.15, 0.2) is 6.29 Å². The smallest absolute Gasteiger partial charge is 0.170 e. The topological polar surface area (TPSA) is 47.8 Å². The molecule has 0 amide bonds. The first-order valence-electron chi connectivity index (χ1n) is 4.23. The largest absolute Gasteiger partial charge is 0.296 e. The third kappa shape index (κ3) is 1.31. The molecule has 0 radical (unpaired) electrons. The molecule has 4 nitrogen and oxygen atoms in total. The molecule has 0 atom stereocenters. The number of aryl methyl sites for hydroxylation is 1. The molecule has 0 aliphatic rings. The first-order chi connectivity index (χ1) is 6.83. The zero-order valence-corrected chi connectivity index (χ0v) is 7.71. The number of aromatic nitrogens is 3. The highest BCUT2D eigenvalue weighted by molar-refractivity contribution is 5.83. The number of hydrogen-bond acceptors (Lipinski definition) is 3. The molecule has 2 aromatic rings. The van der Waals surface area contributed by atoms with E-state index in [0.717, 1.165) is 11.8 Å². The zero-order chi connectivity index (χ0) is 9.97. The maximum atomic E-state index is 10.8. The number of nitrogens with zero attached hydrogens (tertiary/aromatic N) is 3. The lowest BCUT2D eigenvalue weighted by atomic mass is 10.1.